The van der Waals surface area contributed by atoms with Crippen LogP contribution in [0, 0.1) is 13.8 Å². The molecule has 2 atom stereocenters. The molecule has 32 heavy (non-hydrogen) atoms. The zero-order valence-electron chi connectivity index (χ0n) is 20.1. The van der Waals surface area contributed by atoms with Gasteiger partial charge >= 0.3 is 6.09 Å². The number of rotatable bonds is 9. The highest BCUT2D eigenvalue weighted by Crippen LogP contribution is 2.25. The Hall–Kier alpha value is -2.65. The van der Waals surface area contributed by atoms with E-state index >= 15 is 0 Å². The average molecular weight is 452 g/mol. The number of aliphatic hydroxyl groups excluding tert-OH is 2. The second-order valence-corrected chi connectivity index (χ2v) is 9.05. The number of aliphatic hydroxyl groups is 2. The maximum absolute atomic E-state index is 13.3. The molecule has 1 aromatic rings. The van der Waals surface area contributed by atoms with E-state index in [-0.39, 0.29) is 12.6 Å². The third-order valence-electron chi connectivity index (χ3n) is 4.63. The first-order valence-corrected chi connectivity index (χ1v) is 10.7. The summed E-state index contributed by atoms with van der Waals surface area (Å²) in [5, 5.41) is 24.6. The van der Waals surface area contributed by atoms with Gasteiger partial charge in [-0.2, -0.15) is 0 Å². The molecule has 0 radical (unpaired) electrons. The largest absolute Gasteiger partial charge is 0.444 e. The lowest BCUT2D eigenvalue weighted by Crippen LogP contribution is -2.55. The van der Waals surface area contributed by atoms with Gasteiger partial charge in [-0.1, -0.05) is 18.2 Å². The molecule has 0 fully saturated rings. The van der Waals surface area contributed by atoms with Crippen molar-refractivity contribution in [3.8, 4) is 0 Å². The second kappa shape index (κ2) is 11.8. The summed E-state index contributed by atoms with van der Waals surface area (Å²) in [7, 11) is 0. The van der Waals surface area contributed by atoms with E-state index in [1.165, 1.54) is 4.90 Å². The van der Waals surface area contributed by atoms with E-state index in [0.29, 0.717) is 5.56 Å². The Bertz CT molecular complexity index is 803. The van der Waals surface area contributed by atoms with Gasteiger partial charge in [-0.05, 0) is 65.2 Å². The molecule has 0 aromatic heterocycles. The first kappa shape index (κ1) is 27.4. The number of nitrogens with zero attached hydrogens (tertiary/aromatic N) is 1. The van der Waals surface area contributed by atoms with Crippen LogP contribution in [0.4, 0.5) is 4.79 Å². The molecule has 0 saturated heterocycles. The van der Waals surface area contributed by atoms with Crippen molar-refractivity contribution in [1.29, 1.82) is 0 Å². The number of carbonyl (C=O) groups is 3. The summed E-state index contributed by atoms with van der Waals surface area (Å²) in [6.45, 7) is 11.2. The summed E-state index contributed by atoms with van der Waals surface area (Å²) in [4.78, 5) is 39.8. The minimum atomic E-state index is -1.35. The van der Waals surface area contributed by atoms with Crippen molar-refractivity contribution in [2.24, 2.45) is 0 Å². The predicted octanol–water partition coefficient (Wildman–Crippen LogP) is 1.58. The van der Waals surface area contributed by atoms with Crippen LogP contribution >= 0.6 is 0 Å². The van der Waals surface area contributed by atoms with E-state index in [9.17, 15) is 24.6 Å². The molecule has 0 aliphatic carbocycles. The lowest BCUT2D eigenvalue weighted by Gasteiger charge is -2.34. The summed E-state index contributed by atoms with van der Waals surface area (Å²) in [5.74, 6) is -1.14. The zero-order chi connectivity index (χ0) is 24.6. The molecule has 9 heteroatoms. The molecule has 0 bridgehead atoms. The molecule has 0 spiro atoms. The number of aryl methyl sites for hydroxylation is 2. The Kier molecular flexibility index (Phi) is 10.1. The van der Waals surface area contributed by atoms with Gasteiger partial charge < -0.3 is 30.5 Å². The van der Waals surface area contributed by atoms with Crippen molar-refractivity contribution in [1.82, 2.24) is 15.5 Å². The van der Waals surface area contributed by atoms with Crippen LogP contribution < -0.4 is 10.6 Å². The van der Waals surface area contributed by atoms with Crippen molar-refractivity contribution in [3.05, 3.63) is 34.9 Å². The van der Waals surface area contributed by atoms with Crippen LogP contribution in [0.15, 0.2) is 18.2 Å². The van der Waals surface area contributed by atoms with E-state index in [1.807, 2.05) is 26.0 Å². The van der Waals surface area contributed by atoms with Crippen LogP contribution in [0.5, 0.6) is 0 Å². The Labute approximate surface area is 190 Å². The monoisotopic (exact) mass is 451 g/mol. The Morgan fingerprint density at radius 1 is 1.06 bits per heavy atom. The first-order chi connectivity index (χ1) is 14.8. The van der Waals surface area contributed by atoms with Gasteiger partial charge in [-0.3, -0.25) is 9.59 Å². The van der Waals surface area contributed by atoms with Gasteiger partial charge in [-0.25, -0.2) is 4.79 Å². The molecule has 0 heterocycles. The molecule has 3 amide bonds. The summed E-state index contributed by atoms with van der Waals surface area (Å²) < 4.78 is 5.17. The summed E-state index contributed by atoms with van der Waals surface area (Å²) >= 11 is 0. The maximum atomic E-state index is 13.3. The van der Waals surface area contributed by atoms with Crippen molar-refractivity contribution in [2.75, 3.05) is 19.8 Å². The summed E-state index contributed by atoms with van der Waals surface area (Å²) in [6.07, 6.45) is -0.872. The Morgan fingerprint density at radius 3 is 2.16 bits per heavy atom. The smallest absolute Gasteiger partial charge is 0.408 e. The highest BCUT2D eigenvalue weighted by molar-refractivity contribution is 5.92. The number of benzene rings is 1. The van der Waals surface area contributed by atoms with Crippen LogP contribution in [0.25, 0.3) is 0 Å². The van der Waals surface area contributed by atoms with E-state index in [0.717, 1.165) is 11.1 Å². The molecule has 0 aliphatic heterocycles. The van der Waals surface area contributed by atoms with E-state index in [4.69, 9.17) is 4.74 Å². The van der Waals surface area contributed by atoms with Crippen molar-refractivity contribution in [2.45, 2.75) is 72.2 Å². The molecule has 0 saturated carbocycles. The molecular formula is C23H37N3O6. The number of hydrogen-bond donors (Lipinski definition) is 4. The normalized spacial score (nSPS) is 13.3. The highest BCUT2D eigenvalue weighted by Gasteiger charge is 2.36. The summed E-state index contributed by atoms with van der Waals surface area (Å²) in [6, 6.07) is 2.82. The van der Waals surface area contributed by atoms with E-state index < -0.39 is 48.8 Å². The SMILES string of the molecule is Cc1ccc(C(C(=O)NC(C)C)N(CCO)C(=O)C(CO)NC(=O)OC(C)(C)C)cc1C. The minimum absolute atomic E-state index is 0.172. The first-order valence-electron chi connectivity index (χ1n) is 10.7. The van der Waals surface area contributed by atoms with Crippen molar-refractivity contribution < 1.29 is 29.3 Å². The number of hydrogen-bond acceptors (Lipinski definition) is 6. The zero-order valence-corrected chi connectivity index (χ0v) is 20.1. The van der Waals surface area contributed by atoms with Gasteiger partial charge in [0.1, 0.15) is 17.7 Å². The lowest BCUT2D eigenvalue weighted by molar-refractivity contribution is -0.144. The van der Waals surface area contributed by atoms with Crippen molar-refractivity contribution in [3.63, 3.8) is 0 Å². The second-order valence-electron chi connectivity index (χ2n) is 9.05. The average Bonchev–Trinajstić information content (AvgIpc) is 2.66. The van der Waals surface area contributed by atoms with Crippen LogP contribution in [-0.2, 0) is 14.3 Å². The molecular weight excluding hydrogens is 414 g/mol. The van der Waals surface area contributed by atoms with Crippen LogP contribution in [0.1, 0.15) is 57.4 Å². The lowest BCUT2D eigenvalue weighted by atomic mass is 9.98. The quantitative estimate of drug-likeness (QED) is 0.451. The van der Waals surface area contributed by atoms with Crippen LogP contribution in [0.3, 0.4) is 0 Å². The maximum Gasteiger partial charge on any atom is 0.408 e. The third kappa shape index (κ3) is 8.12. The van der Waals surface area contributed by atoms with Gasteiger partial charge in [0.2, 0.25) is 11.8 Å². The molecule has 4 N–H and O–H groups in total. The number of nitrogens with one attached hydrogen (secondary N) is 2. The van der Waals surface area contributed by atoms with Gasteiger partial charge in [0, 0.05) is 12.6 Å². The molecule has 180 valence electrons. The van der Waals surface area contributed by atoms with Crippen LogP contribution in [-0.4, -0.2) is 70.5 Å². The van der Waals surface area contributed by atoms with E-state index in [1.54, 1.807) is 40.7 Å². The number of carbonyl (C=O) groups excluding carboxylic acids is 3. The number of alkyl carbamates (subject to hydrolysis) is 1. The van der Waals surface area contributed by atoms with Gasteiger partial charge in [-0.15, -0.1) is 0 Å². The number of ether oxygens (including phenoxy) is 1. The van der Waals surface area contributed by atoms with Gasteiger partial charge in [0.05, 0.1) is 13.2 Å². The Balaban J connectivity index is 3.35. The summed E-state index contributed by atoms with van der Waals surface area (Å²) in [5.41, 5.74) is 1.72. The van der Waals surface area contributed by atoms with Gasteiger partial charge in [0.15, 0.2) is 0 Å². The molecule has 1 rings (SSSR count). The number of amides is 3. The van der Waals surface area contributed by atoms with Crippen LogP contribution in [0.2, 0.25) is 0 Å². The molecule has 0 aliphatic rings. The topological polar surface area (TPSA) is 128 Å². The minimum Gasteiger partial charge on any atom is -0.444 e. The molecule has 9 nitrogen and oxygen atoms in total. The standard InChI is InChI=1S/C23H37N3O6/c1-14(2)24-20(29)19(17-9-8-15(3)16(4)12-17)26(10-11-27)21(30)18(13-28)25-22(31)32-23(5,6)7/h8-9,12,14,18-19,27-28H,10-11,13H2,1-7H3,(H,24,29)(H,25,31). The highest BCUT2D eigenvalue weighted by atomic mass is 16.6. The molecule has 2 unspecified atom stereocenters. The Morgan fingerprint density at radius 2 is 1.69 bits per heavy atom. The van der Waals surface area contributed by atoms with E-state index in [2.05, 4.69) is 10.6 Å². The van der Waals surface area contributed by atoms with Gasteiger partial charge in [0.25, 0.3) is 0 Å². The fourth-order valence-electron chi connectivity index (χ4n) is 3.08. The fourth-order valence-corrected chi connectivity index (χ4v) is 3.08. The third-order valence-corrected chi connectivity index (χ3v) is 4.63. The predicted molar refractivity (Wildman–Crippen MR) is 121 cm³/mol. The van der Waals surface area contributed by atoms with Crippen molar-refractivity contribution >= 4 is 17.9 Å². The fraction of sp³-hybridized carbons (Fsp3) is 0.609. The molecule has 1 aromatic carbocycles.